The Bertz CT molecular complexity index is 5880. The minimum atomic E-state index is -0.562. The first-order valence-corrected chi connectivity index (χ1v) is 27.4. The van der Waals surface area contributed by atoms with Crippen molar-refractivity contribution in [3.63, 3.8) is 0 Å². The van der Waals surface area contributed by atoms with Crippen molar-refractivity contribution >= 4 is 76.7 Å². The number of benzene rings is 11. The number of nitrogens with zero attached hydrogens (tertiary/aromatic N) is 4. The van der Waals surface area contributed by atoms with Crippen molar-refractivity contribution in [2.24, 2.45) is 0 Å². The van der Waals surface area contributed by atoms with Gasteiger partial charge < -0.3 is 22.7 Å². The predicted octanol–water partition coefficient (Wildman–Crippen LogP) is 19.3. The number of pyridine rings is 1. The Balaban J connectivity index is 0.00000673. The van der Waals surface area contributed by atoms with Gasteiger partial charge in [-0.05, 0) is 138 Å². The van der Waals surface area contributed by atoms with Crippen molar-refractivity contribution in [3.8, 4) is 84.3 Å². The number of rotatable bonds is 6. The van der Waals surface area contributed by atoms with Crippen LogP contribution >= 0.6 is 0 Å². The summed E-state index contributed by atoms with van der Waals surface area (Å²) >= 11 is 0. The monoisotopic (exact) mass is 1270 g/mol. The van der Waals surface area contributed by atoms with E-state index in [1.807, 2.05) is 161 Å². The summed E-state index contributed by atoms with van der Waals surface area (Å²) in [5.41, 5.74) is 10.9. The Kier molecular flexibility index (Phi) is 9.47. The molecule has 1 aliphatic rings. The van der Waals surface area contributed by atoms with Gasteiger partial charge in [-0.15, -0.1) is 29.7 Å². The van der Waals surface area contributed by atoms with Crippen molar-refractivity contribution < 1.29 is 50.2 Å². The van der Waals surface area contributed by atoms with Gasteiger partial charge in [-0.1, -0.05) is 166 Å². The van der Waals surface area contributed by atoms with E-state index in [4.69, 9.17) is 18.6 Å². The van der Waals surface area contributed by atoms with Gasteiger partial charge in [-0.25, -0.2) is 4.98 Å². The number of hydrogen-bond donors (Lipinski definition) is 0. The van der Waals surface area contributed by atoms with Crippen LogP contribution in [0.1, 0.15) is 37.3 Å². The van der Waals surface area contributed by atoms with E-state index >= 15 is 0 Å². The van der Waals surface area contributed by atoms with Crippen LogP contribution in [-0.2, 0) is 26.5 Å². The molecule has 6 heterocycles. The summed E-state index contributed by atoms with van der Waals surface area (Å²) in [4.78, 5) is 4.89. The van der Waals surface area contributed by atoms with Crippen molar-refractivity contribution in [1.82, 2.24) is 14.1 Å². The van der Waals surface area contributed by atoms with Gasteiger partial charge >= 0.3 is 0 Å². The normalized spacial score (nSPS) is 13.5. The van der Waals surface area contributed by atoms with Crippen molar-refractivity contribution in [2.75, 3.05) is 0 Å². The van der Waals surface area contributed by atoms with Crippen LogP contribution in [-0.4, -0.2) is 14.1 Å². The van der Waals surface area contributed by atoms with E-state index in [1.54, 1.807) is 6.07 Å². The maximum atomic E-state index is 10.1. The van der Waals surface area contributed by atoms with Crippen molar-refractivity contribution in [1.29, 1.82) is 0 Å². The second-order valence-corrected chi connectivity index (χ2v) is 22.1. The molecule has 0 bridgehead atoms. The van der Waals surface area contributed by atoms with Crippen LogP contribution in [0.15, 0.2) is 245 Å². The minimum absolute atomic E-state index is 0. The zero-order valence-corrected chi connectivity index (χ0v) is 47.5. The molecule has 7 nitrogen and oxygen atoms in total. The number of ether oxygens (including phenoxy) is 1. The molecule has 0 saturated heterocycles. The van der Waals surface area contributed by atoms with Gasteiger partial charge in [0.05, 0.1) is 27.7 Å². The number of imidazole rings is 1. The second kappa shape index (κ2) is 19.0. The van der Waals surface area contributed by atoms with Crippen LogP contribution in [0, 0.1) is 18.5 Å². The van der Waals surface area contributed by atoms with Gasteiger partial charge in [0.25, 0.3) is 6.33 Å². The Morgan fingerprint density at radius 2 is 1.10 bits per heavy atom. The Hall–Kier alpha value is -10.1. The number of para-hydroxylation sites is 4. The third kappa shape index (κ3) is 7.76. The van der Waals surface area contributed by atoms with Crippen LogP contribution < -0.4 is 9.30 Å². The van der Waals surface area contributed by atoms with E-state index < -0.39 is 48.3 Å². The fraction of sp³-hybridized carbons (Fsp3) is 0.0526. The van der Waals surface area contributed by atoms with Crippen LogP contribution in [0.3, 0.4) is 0 Å². The zero-order valence-electron chi connectivity index (χ0n) is 53.2. The van der Waals surface area contributed by atoms with Crippen LogP contribution in [0.25, 0.3) is 150 Å². The van der Waals surface area contributed by atoms with E-state index in [2.05, 4.69) is 74.1 Å². The summed E-state index contributed by atoms with van der Waals surface area (Å²) in [7, 11) is 0. The molecule has 84 heavy (non-hydrogen) atoms. The largest absolute Gasteiger partial charge is 0.510 e. The molecule has 0 amide bonds. The van der Waals surface area contributed by atoms with E-state index in [0.717, 1.165) is 71.4 Å². The third-order valence-corrected chi connectivity index (χ3v) is 16.2. The van der Waals surface area contributed by atoms with E-state index in [0.29, 0.717) is 72.9 Å². The summed E-state index contributed by atoms with van der Waals surface area (Å²) in [6.07, 6.45) is 5.61. The SMILES string of the molecule is [2H]c1c([2H])c([2H])c2c(c1[2H])-c1cccc(-c3ccc4oc5ccccc5c4c3)c1-[n+]1[c-]n(-c3[c-]c(Oc4[c-]c5c(cc4)c4ccccc4n5-c4cc(C(C)(C)C)ccn4)ccc3)c3cc(-c4ccc5oc6ccccc6c5c4)cc(c31)-c1c([2H])c([2H])c([2H])c([2H])c1-2.[Pt]. The standard InChI is InChI=1S/C76H48N4O3.Pt/c1-76(2,3)49-36-37-77-73(42-49)80-66-27-11-8-22-58(66)59-33-32-52(44-67(59)80)81-51-17-14-16-50(43-51)78-45-79-74-53(47-31-35-72-64(39-47)61-24-10-13-29-70(61)83-72)25-15-26-62(74)56-20-6-4-18-54(56)55-19-5-7-21-57(55)65-40-48(41-68(78)75(65)79)46-30-34-71-63(38-46)60-23-9-12-28-69(60)82-71;/h4-42H,1-3H3;/q-2;/i4D,5D,6D,7D,18D,19D,20D,21D;. The zero-order chi connectivity index (χ0) is 62.0. The van der Waals surface area contributed by atoms with Gasteiger partial charge in [0.15, 0.2) is 0 Å². The molecule has 0 spiro atoms. The van der Waals surface area contributed by atoms with Gasteiger partial charge in [-0.3, -0.25) is 4.57 Å². The quantitative estimate of drug-likeness (QED) is 0.123. The summed E-state index contributed by atoms with van der Waals surface area (Å²) in [6, 6.07) is 62.3. The van der Waals surface area contributed by atoms with Crippen molar-refractivity contribution in [3.05, 3.63) is 261 Å². The molecule has 16 aromatic rings. The Morgan fingerprint density at radius 3 is 1.82 bits per heavy atom. The number of fused-ring (bicyclic) bond motifs is 16. The molecule has 0 atom stereocenters. The topological polar surface area (TPSA) is 62.1 Å². The van der Waals surface area contributed by atoms with Gasteiger partial charge in [0.2, 0.25) is 0 Å². The van der Waals surface area contributed by atoms with E-state index in [9.17, 15) is 11.0 Å². The molecule has 8 heteroatoms. The molecule has 0 N–H and O–H groups in total. The summed E-state index contributed by atoms with van der Waals surface area (Å²) in [5.74, 6) is 1.53. The molecule has 17 rings (SSSR count). The van der Waals surface area contributed by atoms with Gasteiger partial charge in [-0.2, -0.15) is 18.2 Å². The summed E-state index contributed by atoms with van der Waals surface area (Å²) in [6.45, 7) is 6.55. The molecular weight excluding hydrogens is 1210 g/mol. The fourth-order valence-electron chi connectivity index (χ4n) is 12.3. The van der Waals surface area contributed by atoms with Gasteiger partial charge in [0, 0.05) is 65.8 Å². The average molecular weight is 1270 g/mol. The van der Waals surface area contributed by atoms with Crippen LogP contribution in [0.5, 0.6) is 11.5 Å². The first kappa shape index (κ1) is 41.9. The van der Waals surface area contributed by atoms with Crippen LogP contribution in [0.4, 0.5) is 0 Å². The molecule has 0 saturated carbocycles. The Morgan fingerprint density at radius 1 is 0.488 bits per heavy atom. The second-order valence-electron chi connectivity index (χ2n) is 22.1. The first-order chi connectivity index (χ1) is 44.1. The molecule has 1 aliphatic heterocycles. The molecule has 0 radical (unpaired) electrons. The number of aromatic nitrogens is 4. The molecule has 0 unspecified atom stereocenters. The molecule has 11 aromatic carbocycles. The number of furan rings is 2. The Labute approximate surface area is 509 Å². The predicted molar refractivity (Wildman–Crippen MR) is 334 cm³/mol. The summed E-state index contributed by atoms with van der Waals surface area (Å²) in [5, 5.41) is 5.55. The molecule has 402 valence electrons. The molecule has 5 aromatic heterocycles. The van der Waals surface area contributed by atoms with E-state index in [1.165, 1.54) is 0 Å². The first-order valence-electron chi connectivity index (χ1n) is 31.4. The minimum Gasteiger partial charge on any atom is -0.510 e. The number of hydrogen-bond acceptors (Lipinski definition) is 4. The van der Waals surface area contributed by atoms with Crippen LogP contribution in [0.2, 0.25) is 0 Å². The average Bonchev–Trinajstić information content (AvgIpc) is 1.48. The molecular formula is C76H48N4O3Pt-2. The smallest absolute Gasteiger partial charge is 0.268 e. The maximum absolute atomic E-state index is 10.1. The summed E-state index contributed by atoms with van der Waals surface area (Å²) < 4.78 is 102. The maximum Gasteiger partial charge on any atom is 0.268 e. The van der Waals surface area contributed by atoms with Gasteiger partial charge in [0.1, 0.15) is 28.1 Å². The molecule has 0 fully saturated rings. The van der Waals surface area contributed by atoms with Crippen molar-refractivity contribution in [2.45, 2.75) is 26.2 Å². The third-order valence-electron chi connectivity index (χ3n) is 16.2. The van der Waals surface area contributed by atoms with E-state index in [-0.39, 0.29) is 48.7 Å². The fourth-order valence-corrected chi connectivity index (χ4v) is 12.3. The molecule has 0 aliphatic carbocycles.